The zero-order chi connectivity index (χ0) is 10.9. The van der Waals surface area contributed by atoms with Crippen molar-refractivity contribution < 1.29 is 9.84 Å². The minimum Gasteiger partial charge on any atom is -0.392 e. The maximum atomic E-state index is 8.73. The lowest BCUT2D eigenvalue weighted by Crippen LogP contribution is -1.97. The SMILES string of the molecule is C=C(CO)CCCOCc1ccccc1. The average Bonchev–Trinajstić information content (AvgIpc) is 2.29. The van der Waals surface area contributed by atoms with E-state index in [1.165, 1.54) is 5.56 Å². The molecule has 0 bridgehead atoms. The molecule has 0 heterocycles. The summed E-state index contributed by atoms with van der Waals surface area (Å²) in [4.78, 5) is 0. The first-order chi connectivity index (χ1) is 7.33. The third-order valence-corrected chi connectivity index (χ3v) is 2.15. The number of rotatable bonds is 7. The Kier molecular flexibility index (Phi) is 5.74. The predicted molar refractivity (Wildman–Crippen MR) is 61.6 cm³/mol. The Morgan fingerprint density at radius 3 is 2.67 bits per heavy atom. The summed E-state index contributed by atoms with van der Waals surface area (Å²) in [5, 5.41) is 8.73. The van der Waals surface area contributed by atoms with Crippen molar-refractivity contribution in [3.63, 3.8) is 0 Å². The average molecular weight is 206 g/mol. The molecular formula is C13H18O2. The normalized spacial score (nSPS) is 10.2. The van der Waals surface area contributed by atoms with Crippen LogP contribution in [-0.4, -0.2) is 18.3 Å². The Balaban J connectivity index is 2.05. The van der Waals surface area contributed by atoms with Gasteiger partial charge in [0.15, 0.2) is 0 Å². The van der Waals surface area contributed by atoms with Crippen LogP contribution in [0.4, 0.5) is 0 Å². The Morgan fingerprint density at radius 2 is 2.00 bits per heavy atom. The Morgan fingerprint density at radius 1 is 1.27 bits per heavy atom. The second kappa shape index (κ2) is 7.21. The molecule has 15 heavy (non-hydrogen) atoms. The maximum absolute atomic E-state index is 8.73. The first-order valence-corrected chi connectivity index (χ1v) is 5.22. The maximum Gasteiger partial charge on any atom is 0.0716 e. The van der Waals surface area contributed by atoms with Gasteiger partial charge in [0.2, 0.25) is 0 Å². The molecule has 0 saturated carbocycles. The van der Waals surface area contributed by atoms with Crippen LogP contribution in [0.2, 0.25) is 0 Å². The van der Waals surface area contributed by atoms with Crippen molar-refractivity contribution in [2.24, 2.45) is 0 Å². The van der Waals surface area contributed by atoms with Gasteiger partial charge < -0.3 is 9.84 Å². The molecule has 2 heteroatoms. The summed E-state index contributed by atoms with van der Waals surface area (Å²) >= 11 is 0. The minimum absolute atomic E-state index is 0.0820. The molecule has 0 amide bonds. The van der Waals surface area contributed by atoms with E-state index in [0.717, 1.165) is 18.4 Å². The van der Waals surface area contributed by atoms with Crippen LogP contribution in [0.5, 0.6) is 0 Å². The van der Waals surface area contributed by atoms with E-state index in [0.29, 0.717) is 13.2 Å². The van der Waals surface area contributed by atoms with Crippen LogP contribution in [0.15, 0.2) is 42.5 Å². The van der Waals surface area contributed by atoms with Crippen LogP contribution in [-0.2, 0) is 11.3 Å². The molecule has 0 saturated heterocycles. The van der Waals surface area contributed by atoms with Gasteiger partial charge in [-0.3, -0.25) is 0 Å². The molecule has 1 N–H and O–H groups in total. The summed E-state index contributed by atoms with van der Waals surface area (Å²) in [7, 11) is 0. The number of hydrogen-bond acceptors (Lipinski definition) is 2. The fourth-order valence-electron chi connectivity index (χ4n) is 1.27. The van der Waals surface area contributed by atoms with Crippen molar-refractivity contribution in [2.75, 3.05) is 13.2 Å². The van der Waals surface area contributed by atoms with Gasteiger partial charge in [-0.25, -0.2) is 0 Å². The van der Waals surface area contributed by atoms with Crippen LogP contribution in [0.1, 0.15) is 18.4 Å². The highest BCUT2D eigenvalue weighted by Gasteiger charge is 1.94. The second-order valence-corrected chi connectivity index (χ2v) is 3.55. The highest BCUT2D eigenvalue weighted by molar-refractivity contribution is 5.13. The standard InChI is InChI=1S/C13H18O2/c1-12(10-14)6-5-9-15-11-13-7-3-2-4-8-13/h2-4,7-8,14H,1,5-6,9-11H2. The summed E-state index contributed by atoms with van der Waals surface area (Å²) in [6.07, 6.45) is 1.76. The zero-order valence-electron chi connectivity index (χ0n) is 8.98. The molecule has 0 spiro atoms. The molecule has 2 nitrogen and oxygen atoms in total. The second-order valence-electron chi connectivity index (χ2n) is 3.55. The fraction of sp³-hybridized carbons (Fsp3) is 0.385. The van der Waals surface area contributed by atoms with Gasteiger partial charge in [-0.1, -0.05) is 42.5 Å². The number of aliphatic hydroxyl groups excluding tert-OH is 1. The Labute approximate surface area is 91.2 Å². The third-order valence-electron chi connectivity index (χ3n) is 2.15. The summed E-state index contributed by atoms with van der Waals surface area (Å²) in [6.45, 7) is 5.18. The lowest BCUT2D eigenvalue weighted by atomic mass is 10.2. The fourth-order valence-corrected chi connectivity index (χ4v) is 1.27. The summed E-state index contributed by atoms with van der Waals surface area (Å²) in [5.41, 5.74) is 2.07. The van der Waals surface area contributed by atoms with E-state index < -0.39 is 0 Å². The molecule has 0 aliphatic carbocycles. The smallest absolute Gasteiger partial charge is 0.0716 e. The highest BCUT2D eigenvalue weighted by Crippen LogP contribution is 2.04. The van der Waals surface area contributed by atoms with Gasteiger partial charge in [0.1, 0.15) is 0 Å². The van der Waals surface area contributed by atoms with Crippen LogP contribution in [0, 0.1) is 0 Å². The molecule has 0 radical (unpaired) electrons. The minimum atomic E-state index is 0.0820. The van der Waals surface area contributed by atoms with Gasteiger partial charge in [0.05, 0.1) is 13.2 Å². The monoisotopic (exact) mass is 206 g/mol. The first-order valence-electron chi connectivity index (χ1n) is 5.22. The number of ether oxygens (including phenoxy) is 1. The van der Waals surface area contributed by atoms with Gasteiger partial charge >= 0.3 is 0 Å². The molecule has 0 aromatic heterocycles. The lowest BCUT2D eigenvalue weighted by Gasteiger charge is -2.04. The van der Waals surface area contributed by atoms with Crippen molar-refractivity contribution in [1.82, 2.24) is 0 Å². The van der Waals surface area contributed by atoms with Crippen molar-refractivity contribution >= 4 is 0 Å². The van der Waals surface area contributed by atoms with E-state index in [9.17, 15) is 0 Å². The number of aliphatic hydroxyl groups is 1. The van der Waals surface area contributed by atoms with Crippen LogP contribution in [0.25, 0.3) is 0 Å². The van der Waals surface area contributed by atoms with Crippen molar-refractivity contribution in [3.8, 4) is 0 Å². The number of hydrogen-bond donors (Lipinski definition) is 1. The molecule has 0 fully saturated rings. The zero-order valence-corrected chi connectivity index (χ0v) is 8.98. The van der Waals surface area contributed by atoms with Gasteiger partial charge in [-0.2, -0.15) is 0 Å². The molecular weight excluding hydrogens is 188 g/mol. The van der Waals surface area contributed by atoms with Gasteiger partial charge in [-0.15, -0.1) is 0 Å². The quantitative estimate of drug-likeness (QED) is 0.548. The summed E-state index contributed by atoms with van der Waals surface area (Å²) in [5.74, 6) is 0. The number of benzene rings is 1. The molecule has 1 aromatic rings. The van der Waals surface area contributed by atoms with Gasteiger partial charge in [-0.05, 0) is 18.4 Å². The van der Waals surface area contributed by atoms with Crippen LogP contribution >= 0.6 is 0 Å². The van der Waals surface area contributed by atoms with Crippen LogP contribution in [0.3, 0.4) is 0 Å². The lowest BCUT2D eigenvalue weighted by molar-refractivity contribution is 0.118. The van der Waals surface area contributed by atoms with Crippen molar-refractivity contribution in [3.05, 3.63) is 48.0 Å². The van der Waals surface area contributed by atoms with Gasteiger partial charge in [0, 0.05) is 6.61 Å². The molecule has 1 aromatic carbocycles. The largest absolute Gasteiger partial charge is 0.392 e. The van der Waals surface area contributed by atoms with Crippen molar-refractivity contribution in [2.45, 2.75) is 19.4 Å². The molecule has 0 unspecified atom stereocenters. The third kappa shape index (κ3) is 5.35. The van der Waals surface area contributed by atoms with Crippen molar-refractivity contribution in [1.29, 1.82) is 0 Å². The molecule has 0 aliphatic heterocycles. The predicted octanol–water partition coefficient (Wildman–Crippen LogP) is 2.53. The Bertz CT molecular complexity index is 280. The molecule has 1 rings (SSSR count). The van der Waals surface area contributed by atoms with E-state index >= 15 is 0 Å². The van der Waals surface area contributed by atoms with Gasteiger partial charge in [0.25, 0.3) is 0 Å². The highest BCUT2D eigenvalue weighted by atomic mass is 16.5. The summed E-state index contributed by atoms with van der Waals surface area (Å²) in [6, 6.07) is 10.1. The molecule has 82 valence electrons. The van der Waals surface area contributed by atoms with Crippen LogP contribution < -0.4 is 0 Å². The first kappa shape index (κ1) is 12.0. The van der Waals surface area contributed by atoms with E-state index in [1.807, 2.05) is 30.3 Å². The van der Waals surface area contributed by atoms with E-state index in [4.69, 9.17) is 9.84 Å². The molecule has 0 aliphatic rings. The summed E-state index contributed by atoms with van der Waals surface area (Å²) < 4.78 is 5.49. The van der Waals surface area contributed by atoms with E-state index in [1.54, 1.807) is 0 Å². The topological polar surface area (TPSA) is 29.5 Å². The van der Waals surface area contributed by atoms with E-state index in [2.05, 4.69) is 6.58 Å². The molecule has 0 atom stereocenters. The Hall–Kier alpha value is -1.12. The van der Waals surface area contributed by atoms with E-state index in [-0.39, 0.29) is 6.61 Å².